The number of hydrogen-bond acceptors (Lipinski definition) is 5. The van der Waals surface area contributed by atoms with E-state index in [9.17, 15) is 9.18 Å². The van der Waals surface area contributed by atoms with Gasteiger partial charge in [0.25, 0.3) is 5.91 Å². The van der Waals surface area contributed by atoms with E-state index >= 15 is 0 Å². The summed E-state index contributed by atoms with van der Waals surface area (Å²) in [7, 11) is 0. The monoisotopic (exact) mass is 357 g/mol. The Morgan fingerprint density at radius 2 is 2.23 bits per heavy atom. The molecule has 1 aliphatic heterocycles. The number of carbonyl (C=O) groups is 1. The van der Waals surface area contributed by atoms with Crippen molar-refractivity contribution < 1.29 is 9.18 Å². The molecule has 0 radical (unpaired) electrons. The van der Waals surface area contributed by atoms with Crippen LogP contribution < -0.4 is 16.8 Å². The van der Waals surface area contributed by atoms with Gasteiger partial charge in [-0.2, -0.15) is 9.78 Å². The van der Waals surface area contributed by atoms with E-state index in [2.05, 4.69) is 10.4 Å². The first-order chi connectivity index (χ1) is 12.3. The zero-order valence-corrected chi connectivity index (χ0v) is 15.1. The van der Waals surface area contributed by atoms with Crippen LogP contribution in [0, 0.1) is 12.7 Å². The van der Waals surface area contributed by atoms with Crippen LogP contribution in [-0.2, 0) is 11.8 Å². The first kappa shape index (κ1) is 17.0. The minimum absolute atomic E-state index is 0.192. The van der Waals surface area contributed by atoms with Crippen molar-refractivity contribution in [2.24, 2.45) is 5.73 Å². The summed E-state index contributed by atoms with van der Waals surface area (Å²) in [4.78, 5) is 13.5. The maximum Gasteiger partial charge on any atom is 0.259 e. The van der Waals surface area contributed by atoms with E-state index in [4.69, 9.17) is 11.5 Å². The quantitative estimate of drug-likeness (QED) is 0.729. The van der Waals surface area contributed by atoms with Crippen molar-refractivity contribution in [2.75, 3.05) is 17.6 Å². The number of halogens is 1. The number of nitrogens with zero attached hydrogens (tertiary/aromatic N) is 2. The zero-order chi connectivity index (χ0) is 18.6. The molecule has 0 spiro atoms. The molecular weight excluding hydrogens is 333 g/mol. The van der Waals surface area contributed by atoms with E-state index in [1.165, 1.54) is 16.8 Å². The van der Waals surface area contributed by atoms with Crippen molar-refractivity contribution in [1.82, 2.24) is 9.78 Å². The molecule has 2 unspecified atom stereocenters. The maximum absolute atomic E-state index is 14.1. The largest absolute Gasteiger partial charge is 0.385 e. The number of anilines is 2. The summed E-state index contributed by atoms with van der Waals surface area (Å²) in [6, 6.07) is 2.72. The highest BCUT2D eigenvalue weighted by Crippen LogP contribution is 2.41. The molecule has 7 heteroatoms. The molecule has 0 amide bonds. The van der Waals surface area contributed by atoms with Gasteiger partial charge in [0.1, 0.15) is 11.6 Å². The lowest BCUT2D eigenvalue weighted by atomic mass is 9.75. The summed E-state index contributed by atoms with van der Waals surface area (Å²) in [6.45, 7) is 4.31. The molecule has 0 saturated heterocycles. The molecule has 2 atom stereocenters. The molecule has 26 heavy (non-hydrogen) atoms. The zero-order valence-electron chi connectivity index (χ0n) is 15.1. The van der Waals surface area contributed by atoms with Crippen molar-refractivity contribution in [3.05, 3.63) is 40.3 Å². The summed E-state index contributed by atoms with van der Waals surface area (Å²) >= 11 is 0. The van der Waals surface area contributed by atoms with Crippen molar-refractivity contribution in [3.63, 3.8) is 0 Å². The Bertz CT molecular complexity index is 906. The molecule has 1 aromatic carbocycles. The number of rotatable bonds is 1. The fourth-order valence-electron chi connectivity index (χ4n) is 4.27. The lowest BCUT2D eigenvalue weighted by molar-refractivity contribution is 0.0785. The average Bonchev–Trinajstić information content (AvgIpc) is 2.94. The van der Waals surface area contributed by atoms with Crippen LogP contribution in [0.2, 0.25) is 0 Å². The molecule has 6 nitrogen and oxygen atoms in total. The Kier molecular flexibility index (Phi) is 3.80. The van der Waals surface area contributed by atoms with Crippen molar-refractivity contribution in [1.29, 1.82) is 0 Å². The molecule has 0 bridgehead atoms. The highest BCUT2D eigenvalue weighted by molar-refractivity contribution is 5.94. The van der Waals surface area contributed by atoms with Crippen LogP contribution in [0.5, 0.6) is 0 Å². The van der Waals surface area contributed by atoms with Crippen LogP contribution in [0.1, 0.15) is 59.4 Å². The molecule has 2 heterocycles. The topological polar surface area (TPSA) is 99.0 Å². The van der Waals surface area contributed by atoms with Crippen LogP contribution in [-0.4, -0.2) is 22.2 Å². The number of hydrogen-bond donors (Lipinski definition) is 3. The van der Waals surface area contributed by atoms with Gasteiger partial charge in [0.05, 0.1) is 11.1 Å². The van der Waals surface area contributed by atoms with Crippen molar-refractivity contribution in [2.45, 2.75) is 51.0 Å². The summed E-state index contributed by atoms with van der Waals surface area (Å²) in [6.07, 6.45) is 3.10. The third-order valence-corrected chi connectivity index (χ3v) is 5.83. The Morgan fingerprint density at radius 1 is 1.46 bits per heavy atom. The van der Waals surface area contributed by atoms with Gasteiger partial charge < -0.3 is 16.8 Å². The van der Waals surface area contributed by atoms with Crippen molar-refractivity contribution in [3.8, 4) is 0 Å². The normalized spacial score (nSPS) is 24.5. The fraction of sp³-hybridized carbons (Fsp3) is 0.474. The second-order valence-electron chi connectivity index (χ2n) is 7.62. The third kappa shape index (κ3) is 2.34. The van der Waals surface area contributed by atoms with E-state index in [0.29, 0.717) is 24.3 Å². The summed E-state index contributed by atoms with van der Waals surface area (Å²) in [5.41, 5.74) is 15.4. The minimum Gasteiger partial charge on any atom is -0.385 e. The minimum atomic E-state index is -0.903. The highest BCUT2D eigenvalue weighted by Gasteiger charge is 2.43. The van der Waals surface area contributed by atoms with E-state index in [-0.39, 0.29) is 17.8 Å². The molecule has 1 aliphatic carbocycles. The standard InChI is InChI=1S/C19H24FN5O/c1-10-8-11(20)9-13-15(10)23-7-6-19(13,2)18(26)25-17(22)12-4-3-5-14(21)16(12)24-25/h8-9,14,23H,3-7,21-22H2,1-2H3. The lowest BCUT2D eigenvalue weighted by Gasteiger charge is -2.35. The summed E-state index contributed by atoms with van der Waals surface area (Å²) in [5, 5.41) is 7.76. The summed E-state index contributed by atoms with van der Waals surface area (Å²) < 4.78 is 15.4. The molecule has 4 rings (SSSR count). The van der Waals surface area contributed by atoms with E-state index in [1.807, 2.05) is 13.8 Å². The number of benzene rings is 1. The number of aryl methyl sites for hydroxylation is 1. The Balaban J connectivity index is 1.84. The van der Waals surface area contributed by atoms with Gasteiger partial charge in [0, 0.05) is 23.8 Å². The molecule has 2 aliphatic rings. The van der Waals surface area contributed by atoms with E-state index in [0.717, 1.165) is 41.8 Å². The number of nitrogen functional groups attached to an aromatic ring is 1. The third-order valence-electron chi connectivity index (χ3n) is 5.83. The number of nitrogens with two attached hydrogens (primary N) is 2. The predicted octanol–water partition coefficient (Wildman–Crippen LogP) is 2.66. The smallest absolute Gasteiger partial charge is 0.259 e. The molecule has 1 aromatic heterocycles. The van der Waals surface area contributed by atoms with E-state index in [1.54, 1.807) is 0 Å². The second kappa shape index (κ2) is 5.81. The van der Waals surface area contributed by atoms with Gasteiger partial charge >= 0.3 is 0 Å². The maximum atomic E-state index is 14.1. The Hall–Kier alpha value is -2.41. The molecule has 0 fully saturated rings. The van der Waals surface area contributed by atoms with Gasteiger partial charge in [0.2, 0.25) is 0 Å². The molecule has 138 valence electrons. The summed E-state index contributed by atoms with van der Waals surface area (Å²) in [5.74, 6) is -0.210. The number of carbonyl (C=O) groups excluding carboxylic acids is 1. The molecular formula is C19H24FN5O. The van der Waals surface area contributed by atoms with Crippen LogP contribution >= 0.6 is 0 Å². The van der Waals surface area contributed by atoms with Crippen LogP contribution in [0.4, 0.5) is 15.9 Å². The first-order valence-corrected chi connectivity index (χ1v) is 9.05. The average molecular weight is 357 g/mol. The molecule has 0 saturated carbocycles. The lowest BCUT2D eigenvalue weighted by Crippen LogP contribution is -2.42. The van der Waals surface area contributed by atoms with Gasteiger partial charge in [-0.1, -0.05) is 0 Å². The van der Waals surface area contributed by atoms with Crippen LogP contribution in [0.3, 0.4) is 0 Å². The molecule has 5 N–H and O–H groups in total. The van der Waals surface area contributed by atoms with Crippen molar-refractivity contribution >= 4 is 17.4 Å². The van der Waals surface area contributed by atoms with Crippen LogP contribution in [0.15, 0.2) is 12.1 Å². The number of nitrogens with one attached hydrogen (secondary N) is 1. The first-order valence-electron chi connectivity index (χ1n) is 9.05. The van der Waals surface area contributed by atoms with Gasteiger partial charge in [-0.05, 0) is 62.8 Å². The van der Waals surface area contributed by atoms with E-state index < -0.39 is 5.41 Å². The second-order valence-corrected chi connectivity index (χ2v) is 7.62. The van der Waals surface area contributed by atoms with Gasteiger partial charge in [-0.3, -0.25) is 4.79 Å². The van der Waals surface area contributed by atoms with Crippen LogP contribution in [0.25, 0.3) is 0 Å². The Labute approximate surface area is 151 Å². The van der Waals surface area contributed by atoms with Gasteiger partial charge in [-0.15, -0.1) is 0 Å². The fourth-order valence-corrected chi connectivity index (χ4v) is 4.27. The SMILES string of the molecule is Cc1cc(F)cc2c1NCCC2(C)C(=O)n1nc2c(c1N)CCCC2N. The number of fused-ring (bicyclic) bond motifs is 2. The van der Waals surface area contributed by atoms with Gasteiger partial charge in [0.15, 0.2) is 0 Å². The molecule has 2 aromatic rings. The highest BCUT2D eigenvalue weighted by atomic mass is 19.1. The number of aromatic nitrogens is 2. The Morgan fingerprint density at radius 3 is 2.96 bits per heavy atom. The van der Waals surface area contributed by atoms with Gasteiger partial charge in [-0.25, -0.2) is 4.39 Å². The predicted molar refractivity (Wildman–Crippen MR) is 98.7 cm³/mol.